The quantitative estimate of drug-likeness (QED) is 0.822. The molecule has 2 rings (SSSR count). The molecule has 0 saturated carbocycles. The maximum atomic E-state index is 10.9. The second kappa shape index (κ2) is 4.65. The van der Waals surface area contributed by atoms with E-state index in [0.29, 0.717) is 5.82 Å². The summed E-state index contributed by atoms with van der Waals surface area (Å²) in [5.41, 5.74) is 5.54. The second-order valence-electron chi connectivity index (χ2n) is 3.63. The molecule has 16 heavy (non-hydrogen) atoms. The van der Waals surface area contributed by atoms with Crippen LogP contribution < -0.4 is 11.2 Å². The Hall–Kier alpha value is -2.04. The van der Waals surface area contributed by atoms with Crippen molar-refractivity contribution < 1.29 is 0 Å². The Labute approximate surface area is 93.1 Å². The highest BCUT2D eigenvalue weighted by Crippen LogP contribution is 1.98. The SMILES string of the molecule is Nc1ccn(CCCn2ccc(=O)cc2)n1. The minimum Gasteiger partial charge on any atom is -0.382 e. The molecule has 0 spiro atoms. The monoisotopic (exact) mass is 218 g/mol. The summed E-state index contributed by atoms with van der Waals surface area (Å²) in [6.45, 7) is 1.68. The molecule has 0 radical (unpaired) electrons. The van der Waals surface area contributed by atoms with Crippen molar-refractivity contribution in [1.29, 1.82) is 0 Å². The minimum absolute atomic E-state index is 0.0381. The van der Waals surface area contributed by atoms with Gasteiger partial charge in [-0.1, -0.05) is 0 Å². The summed E-state index contributed by atoms with van der Waals surface area (Å²) in [5.74, 6) is 0.545. The normalized spacial score (nSPS) is 10.5. The van der Waals surface area contributed by atoms with Gasteiger partial charge in [-0.05, 0) is 12.5 Å². The van der Waals surface area contributed by atoms with E-state index < -0.39 is 0 Å². The van der Waals surface area contributed by atoms with Crippen LogP contribution in [0.2, 0.25) is 0 Å². The molecule has 0 unspecified atom stereocenters. The average Bonchev–Trinajstić information content (AvgIpc) is 2.67. The molecule has 2 N–H and O–H groups in total. The Morgan fingerprint density at radius 2 is 1.88 bits per heavy atom. The summed E-state index contributed by atoms with van der Waals surface area (Å²) in [5, 5.41) is 4.09. The van der Waals surface area contributed by atoms with E-state index in [9.17, 15) is 4.79 Å². The first-order valence-electron chi connectivity index (χ1n) is 5.19. The van der Waals surface area contributed by atoms with E-state index in [0.717, 1.165) is 19.5 Å². The summed E-state index contributed by atoms with van der Waals surface area (Å²) in [7, 11) is 0. The number of aryl methyl sites for hydroxylation is 2. The van der Waals surface area contributed by atoms with E-state index in [4.69, 9.17) is 5.73 Å². The number of hydrogen-bond acceptors (Lipinski definition) is 3. The minimum atomic E-state index is 0.0381. The van der Waals surface area contributed by atoms with Gasteiger partial charge in [0, 0.05) is 43.8 Å². The molecule has 84 valence electrons. The van der Waals surface area contributed by atoms with E-state index in [2.05, 4.69) is 5.10 Å². The molecule has 0 aliphatic heterocycles. The third-order valence-corrected chi connectivity index (χ3v) is 2.33. The summed E-state index contributed by atoms with van der Waals surface area (Å²) in [4.78, 5) is 10.9. The largest absolute Gasteiger partial charge is 0.382 e. The maximum Gasteiger partial charge on any atom is 0.181 e. The standard InChI is InChI=1S/C11H14N4O/c12-11-4-9-15(13-11)6-1-5-14-7-2-10(16)3-8-14/h2-4,7-9H,1,5-6H2,(H2,12,13). The fourth-order valence-electron chi connectivity index (χ4n) is 1.51. The Balaban J connectivity index is 1.84. The van der Waals surface area contributed by atoms with Crippen molar-refractivity contribution in [2.75, 3.05) is 5.73 Å². The van der Waals surface area contributed by atoms with Crippen LogP contribution in [0.5, 0.6) is 0 Å². The molecule has 0 bridgehead atoms. The van der Waals surface area contributed by atoms with Gasteiger partial charge in [-0.2, -0.15) is 5.10 Å². The molecule has 0 saturated heterocycles. The van der Waals surface area contributed by atoms with Gasteiger partial charge in [-0.25, -0.2) is 0 Å². The third kappa shape index (κ3) is 2.73. The maximum absolute atomic E-state index is 10.9. The highest BCUT2D eigenvalue weighted by Gasteiger charge is 1.94. The second-order valence-corrected chi connectivity index (χ2v) is 3.63. The number of hydrogen-bond donors (Lipinski definition) is 1. The van der Waals surface area contributed by atoms with Gasteiger partial charge in [0.15, 0.2) is 5.43 Å². The molecular formula is C11H14N4O. The highest BCUT2D eigenvalue weighted by atomic mass is 16.1. The molecule has 0 aromatic carbocycles. The molecule has 5 heteroatoms. The van der Waals surface area contributed by atoms with Crippen LogP contribution in [-0.2, 0) is 13.1 Å². The van der Waals surface area contributed by atoms with Crippen molar-refractivity contribution in [1.82, 2.24) is 14.3 Å². The number of nitrogens with two attached hydrogens (primary N) is 1. The Bertz CT molecular complexity index is 494. The van der Waals surface area contributed by atoms with Crippen molar-refractivity contribution >= 4 is 5.82 Å². The van der Waals surface area contributed by atoms with Gasteiger partial charge in [0.05, 0.1) is 0 Å². The Morgan fingerprint density at radius 3 is 2.50 bits per heavy atom. The van der Waals surface area contributed by atoms with E-state index >= 15 is 0 Å². The predicted molar refractivity (Wildman–Crippen MR) is 62.0 cm³/mol. The predicted octanol–water partition coefficient (Wildman–Crippen LogP) is 0.717. The molecule has 2 aromatic heterocycles. The summed E-state index contributed by atoms with van der Waals surface area (Å²) in [6, 6.07) is 4.90. The number of nitrogen functional groups attached to an aromatic ring is 1. The van der Waals surface area contributed by atoms with Gasteiger partial charge in [0.2, 0.25) is 0 Å². The smallest absolute Gasteiger partial charge is 0.181 e. The zero-order chi connectivity index (χ0) is 11.4. The highest BCUT2D eigenvalue weighted by molar-refractivity contribution is 5.23. The molecule has 0 aliphatic carbocycles. The van der Waals surface area contributed by atoms with Crippen LogP contribution >= 0.6 is 0 Å². The zero-order valence-corrected chi connectivity index (χ0v) is 8.91. The fourth-order valence-corrected chi connectivity index (χ4v) is 1.51. The lowest BCUT2D eigenvalue weighted by molar-refractivity contribution is 0.526. The van der Waals surface area contributed by atoms with Gasteiger partial charge >= 0.3 is 0 Å². The molecule has 0 amide bonds. The van der Waals surface area contributed by atoms with Gasteiger partial charge in [-0.15, -0.1) is 0 Å². The van der Waals surface area contributed by atoms with Crippen LogP contribution in [0.25, 0.3) is 0 Å². The molecule has 2 heterocycles. The van der Waals surface area contributed by atoms with Crippen LogP contribution in [0, 0.1) is 0 Å². The molecule has 0 aliphatic rings. The van der Waals surface area contributed by atoms with Gasteiger partial charge < -0.3 is 10.3 Å². The first kappa shape index (κ1) is 10.5. The third-order valence-electron chi connectivity index (χ3n) is 2.33. The molecular weight excluding hydrogens is 204 g/mol. The average molecular weight is 218 g/mol. The van der Waals surface area contributed by atoms with E-state index in [1.54, 1.807) is 30.6 Å². The van der Waals surface area contributed by atoms with Crippen molar-refractivity contribution in [3.63, 3.8) is 0 Å². The van der Waals surface area contributed by atoms with Gasteiger partial charge in [-0.3, -0.25) is 9.48 Å². The topological polar surface area (TPSA) is 65.8 Å². The Morgan fingerprint density at radius 1 is 1.12 bits per heavy atom. The van der Waals surface area contributed by atoms with E-state index in [-0.39, 0.29) is 5.43 Å². The fraction of sp³-hybridized carbons (Fsp3) is 0.273. The summed E-state index contributed by atoms with van der Waals surface area (Å²) in [6.07, 6.45) is 6.39. The number of aromatic nitrogens is 3. The van der Waals surface area contributed by atoms with Crippen molar-refractivity contribution in [3.8, 4) is 0 Å². The number of nitrogens with zero attached hydrogens (tertiary/aromatic N) is 3. The number of rotatable bonds is 4. The summed E-state index contributed by atoms with van der Waals surface area (Å²) < 4.78 is 3.80. The van der Waals surface area contributed by atoms with Crippen molar-refractivity contribution in [2.24, 2.45) is 0 Å². The molecule has 2 aromatic rings. The molecule has 0 fully saturated rings. The van der Waals surface area contributed by atoms with E-state index in [1.807, 2.05) is 15.4 Å². The zero-order valence-electron chi connectivity index (χ0n) is 8.91. The number of pyridine rings is 1. The van der Waals surface area contributed by atoms with Crippen LogP contribution in [0.1, 0.15) is 6.42 Å². The van der Waals surface area contributed by atoms with Crippen LogP contribution in [0.4, 0.5) is 5.82 Å². The van der Waals surface area contributed by atoms with Gasteiger partial charge in [0.25, 0.3) is 0 Å². The first-order valence-corrected chi connectivity index (χ1v) is 5.19. The van der Waals surface area contributed by atoms with Crippen molar-refractivity contribution in [3.05, 3.63) is 47.0 Å². The van der Waals surface area contributed by atoms with Gasteiger partial charge in [0.1, 0.15) is 5.82 Å². The van der Waals surface area contributed by atoms with Crippen LogP contribution in [-0.4, -0.2) is 14.3 Å². The lowest BCUT2D eigenvalue weighted by Crippen LogP contribution is -2.07. The van der Waals surface area contributed by atoms with Crippen LogP contribution in [0.3, 0.4) is 0 Å². The lowest BCUT2D eigenvalue weighted by atomic mass is 10.4. The van der Waals surface area contributed by atoms with E-state index in [1.165, 1.54) is 0 Å². The molecule has 0 atom stereocenters. The summed E-state index contributed by atoms with van der Waals surface area (Å²) >= 11 is 0. The number of anilines is 1. The Kier molecular flexibility index (Phi) is 3.05. The van der Waals surface area contributed by atoms with Crippen molar-refractivity contribution in [2.45, 2.75) is 19.5 Å². The van der Waals surface area contributed by atoms with Crippen LogP contribution in [0.15, 0.2) is 41.6 Å². The first-order chi connectivity index (χ1) is 7.74. The lowest BCUT2D eigenvalue weighted by Gasteiger charge is -2.05. The molecule has 5 nitrogen and oxygen atoms in total.